The molecule has 1 rings (SSSR count). The van der Waals surface area contributed by atoms with Crippen molar-refractivity contribution < 1.29 is 4.52 Å². The van der Waals surface area contributed by atoms with E-state index in [1.54, 1.807) is 0 Å². The van der Waals surface area contributed by atoms with Gasteiger partial charge in [0, 0.05) is 26.1 Å². The number of aryl methyl sites for hydroxylation is 1. The van der Waals surface area contributed by atoms with Gasteiger partial charge in [-0.05, 0) is 25.4 Å². The van der Waals surface area contributed by atoms with Gasteiger partial charge < -0.3 is 15.2 Å². The predicted molar refractivity (Wildman–Crippen MR) is 55.2 cm³/mol. The minimum absolute atomic E-state index is 0.175. The molecule has 0 saturated heterocycles. The van der Waals surface area contributed by atoms with Gasteiger partial charge >= 0.3 is 0 Å². The van der Waals surface area contributed by atoms with Crippen LogP contribution in [0.25, 0.3) is 0 Å². The summed E-state index contributed by atoms with van der Waals surface area (Å²) in [4.78, 5) is 6.17. The van der Waals surface area contributed by atoms with E-state index in [-0.39, 0.29) is 6.04 Å². The molecule has 14 heavy (non-hydrogen) atoms. The van der Waals surface area contributed by atoms with Crippen LogP contribution in [0.3, 0.4) is 0 Å². The molecule has 2 N–H and O–H groups in total. The van der Waals surface area contributed by atoms with Crippen molar-refractivity contribution in [1.82, 2.24) is 10.1 Å². The van der Waals surface area contributed by atoms with Gasteiger partial charge in [0.05, 0.1) is 0 Å². The molecule has 0 aliphatic heterocycles. The summed E-state index contributed by atoms with van der Waals surface area (Å²) in [6, 6.07) is 0.175. The first-order valence-corrected chi connectivity index (χ1v) is 4.92. The van der Waals surface area contributed by atoms with Gasteiger partial charge in [0.25, 0.3) is 5.95 Å². The fourth-order valence-corrected chi connectivity index (χ4v) is 0.995. The highest BCUT2D eigenvalue weighted by Crippen LogP contribution is 2.08. The average Bonchev–Trinajstić information content (AvgIpc) is 2.62. The highest BCUT2D eigenvalue weighted by Gasteiger charge is 2.09. The Labute approximate surface area is 84.3 Å². The van der Waals surface area contributed by atoms with E-state index in [1.165, 1.54) is 0 Å². The second kappa shape index (κ2) is 4.95. The zero-order valence-electron chi connectivity index (χ0n) is 9.03. The van der Waals surface area contributed by atoms with Gasteiger partial charge in [-0.2, -0.15) is 4.98 Å². The molecule has 80 valence electrons. The summed E-state index contributed by atoms with van der Waals surface area (Å²) in [5, 5.41) is 3.86. The fourth-order valence-electron chi connectivity index (χ4n) is 0.995. The van der Waals surface area contributed by atoms with E-state index in [4.69, 9.17) is 10.3 Å². The van der Waals surface area contributed by atoms with Gasteiger partial charge in [-0.25, -0.2) is 0 Å². The summed E-state index contributed by atoms with van der Waals surface area (Å²) < 4.78 is 5.08. The van der Waals surface area contributed by atoms with Crippen LogP contribution in [0.1, 0.15) is 26.2 Å². The Morgan fingerprint density at radius 2 is 2.29 bits per heavy atom. The van der Waals surface area contributed by atoms with Gasteiger partial charge in [-0.3, -0.25) is 0 Å². The van der Waals surface area contributed by atoms with Gasteiger partial charge in [-0.15, -0.1) is 0 Å². The molecule has 1 aromatic heterocycles. The van der Waals surface area contributed by atoms with Crippen LogP contribution < -0.4 is 10.6 Å². The van der Waals surface area contributed by atoms with Crippen LogP contribution >= 0.6 is 0 Å². The minimum Gasteiger partial charge on any atom is -0.342 e. The molecule has 0 aliphatic carbocycles. The maximum atomic E-state index is 5.63. The lowest BCUT2D eigenvalue weighted by molar-refractivity contribution is 0.371. The van der Waals surface area contributed by atoms with Crippen molar-refractivity contribution in [1.29, 1.82) is 0 Å². The predicted octanol–water partition coefficient (Wildman–Crippen LogP) is 0.805. The summed E-state index contributed by atoms with van der Waals surface area (Å²) in [6.45, 7) is 4.87. The van der Waals surface area contributed by atoms with Crippen molar-refractivity contribution in [3.8, 4) is 0 Å². The van der Waals surface area contributed by atoms with Crippen LogP contribution in [-0.4, -0.2) is 29.8 Å². The summed E-state index contributed by atoms with van der Waals surface area (Å²) in [6.07, 6.45) is 1.62. The van der Waals surface area contributed by atoms with Crippen molar-refractivity contribution >= 4 is 5.95 Å². The van der Waals surface area contributed by atoms with Crippen molar-refractivity contribution in [3.63, 3.8) is 0 Å². The van der Waals surface area contributed by atoms with E-state index >= 15 is 0 Å². The molecular weight excluding hydrogens is 180 g/mol. The largest absolute Gasteiger partial charge is 0.342 e. The van der Waals surface area contributed by atoms with E-state index in [2.05, 4.69) is 10.1 Å². The highest BCUT2D eigenvalue weighted by atomic mass is 16.5. The molecule has 0 aliphatic rings. The Balaban J connectivity index is 2.50. The summed E-state index contributed by atoms with van der Waals surface area (Å²) in [5.41, 5.74) is 5.63. The molecule has 5 heteroatoms. The molecule has 1 atom stereocenters. The Morgan fingerprint density at radius 3 is 2.86 bits per heavy atom. The Bertz CT molecular complexity index is 272. The first kappa shape index (κ1) is 11.0. The third-order valence-corrected chi connectivity index (χ3v) is 2.09. The quantitative estimate of drug-likeness (QED) is 0.758. The molecule has 0 saturated carbocycles. The SMILES string of the molecule is CCN(C)c1noc(CCC(C)N)n1. The number of nitrogens with zero attached hydrogens (tertiary/aromatic N) is 3. The van der Waals surface area contributed by atoms with Crippen molar-refractivity contribution in [2.24, 2.45) is 5.73 Å². The van der Waals surface area contributed by atoms with E-state index in [1.807, 2.05) is 25.8 Å². The second-order valence-electron chi connectivity index (χ2n) is 3.52. The standard InChI is InChI=1S/C9H18N4O/c1-4-13(3)9-11-8(14-12-9)6-5-7(2)10/h7H,4-6,10H2,1-3H3. The summed E-state index contributed by atoms with van der Waals surface area (Å²) in [5.74, 6) is 1.31. The third-order valence-electron chi connectivity index (χ3n) is 2.09. The zero-order valence-corrected chi connectivity index (χ0v) is 9.03. The molecule has 0 radical (unpaired) electrons. The van der Waals surface area contributed by atoms with Gasteiger partial charge in [0.2, 0.25) is 5.89 Å². The number of rotatable bonds is 5. The molecule has 0 bridgehead atoms. The van der Waals surface area contributed by atoms with Crippen LogP contribution in [0.2, 0.25) is 0 Å². The number of anilines is 1. The lowest BCUT2D eigenvalue weighted by Gasteiger charge is -2.08. The smallest absolute Gasteiger partial charge is 0.265 e. The van der Waals surface area contributed by atoms with Crippen molar-refractivity contribution in [2.45, 2.75) is 32.7 Å². The zero-order chi connectivity index (χ0) is 10.6. The average molecular weight is 198 g/mol. The van der Waals surface area contributed by atoms with Crippen molar-refractivity contribution in [2.75, 3.05) is 18.5 Å². The number of aromatic nitrogens is 2. The topological polar surface area (TPSA) is 68.2 Å². The summed E-state index contributed by atoms with van der Waals surface area (Å²) in [7, 11) is 1.93. The van der Waals surface area contributed by atoms with Crippen LogP contribution in [0.15, 0.2) is 4.52 Å². The molecule has 1 aromatic rings. The Morgan fingerprint density at radius 1 is 1.57 bits per heavy atom. The van der Waals surface area contributed by atoms with Crippen LogP contribution in [0, 0.1) is 0 Å². The van der Waals surface area contributed by atoms with Crippen LogP contribution in [-0.2, 0) is 6.42 Å². The molecule has 1 unspecified atom stereocenters. The number of hydrogen-bond acceptors (Lipinski definition) is 5. The Kier molecular flexibility index (Phi) is 3.88. The van der Waals surface area contributed by atoms with Crippen molar-refractivity contribution in [3.05, 3.63) is 5.89 Å². The monoisotopic (exact) mass is 198 g/mol. The van der Waals surface area contributed by atoms with Gasteiger partial charge in [0.15, 0.2) is 0 Å². The molecule has 0 amide bonds. The van der Waals surface area contributed by atoms with E-state index in [0.29, 0.717) is 11.8 Å². The van der Waals surface area contributed by atoms with E-state index in [0.717, 1.165) is 19.4 Å². The maximum absolute atomic E-state index is 5.63. The summed E-state index contributed by atoms with van der Waals surface area (Å²) >= 11 is 0. The molecule has 0 fully saturated rings. The lowest BCUT2D eigenvalue weighted by atomic mass is 10.2. The van der Waals surface area contributed by atoms with E-state index in [9.17, 15) is 0 Å². The molecule has 1 heterocycles. The molecule has 5 nitrogen and oxygen atoms in total. The lowest BCUT2D eigenvalue weighted by Crippen LogP contribution is -2.17. The van der Waals surface area contributed by atoms with E-state index < -0.39 is 0 Å². The maximum Gasteiger partial charge on any atom is 0.265 e. The highest BCUT2D eigenvalue weighted by molar-refractivity contribution is 5.24. The number of hydrogen-bond donors (Lipinski definition) is 1. The third kappa shape index (κ3) is 2.99. The van der Waals surface area contributed by atoms with Gasteiger partial charge in [-0.1, -0.05) is 0 Å². The molecule has 0 spiro atoms. The molecular formula is C9H18N4O. The molecule has 0 aromatic carbocycles. The fraction of sp³-hybridized carbons (Fsp3) is 0.778. The van der Waals surface area contributed by atoms with Crippen LogP contribution in [0.4, 0.5) is 5.95 Å². The first-order chi connectivity index (χ1) is 6.63. The second-order valence-corrected chi connectivity index (χ2v) is 3.52. The first-order valence-electron chi connectivity index (χ1n) is 4.92. The Hall–Kier alpha value is -1.10. The number of nitrogens with two attached hydrogens (primary N) is 1. The van der Waals surface area contributed by atoms with Gasteiger partial charge in [0.1, 0.15) is 0 Å². The normalized spacial score (nSPS) is 12.9. The van der Waals surface area contributed by atoms with Crippen LogP contribution in [0.5, 0.6) is 0 Å². The minimum atomic E-state index is 0.175.